The molecular formula is C27H44O. The predicted octanol–water partition coefficient (Wildman–Crippen LogP) is 7.45. The molecule has 4 aliphatic rings. The fourth-order valence-corrected chi connectivity index (χ4v) is 8.66. The molecule has 0 bridgehead atoms. The van der Waals surface area contributed by atoms with Gasteiger partial charge >= 0.3 is 0 Å². The monoisotopic (exact) mass is 384 g/mol. The minimum Gasteiger partial charge on any atom is -0.295 e. The highest BCUT2D eigenvalue weighted by Crippen LogP contribution is 2.67. The minimum absolute atomic E-state index is 0.291. The second-order valence-electron chi connectivity index (χ2n) is 12.1. The van der Waals surface area contributed by atoms with Gasteiger partial charge in [-0.2, -0.15) is 0 Å². The van der Waals surface area contributed by atoms with Gasteiger partial charge in [-0.15, -0.1) is 0 Å². The molecule has 4 aliphatic carbocycles. The van der Waals surface area contributed by atoms with Crippen LogP contribution in [-0.2, 0) is 4.79 Å². The molecule has 3 saturated carbocycles. The van der Waals surface area contributed by atoms with Crippen LogP contribution in [-0.4, -0.2) is 5.78 Å². The molecule has 0 aromatic carbocycles. The van der Waals surface area contributed by atoms with Crippen LogP contribution in [0.15, 0.2) is 12.2 Å². The summed E-state index contributed by atoms with van der Waals surface area (Å²) in [4.78, 5) is 12.0. The zero-order chi connectivity index (χ0) is 20.1. The van der Waals surface area contributed by atoms with Gasteiger partial charge in [-0.3, -0.25) is 4.79 Å². The summed E-state index contributed by atoms with van der Waals surface area (Å²) < 4.78 is 0. The van der Waals surface area contributed by atoms with Crippen molar-refractivity contribution in [3.05, 3.63) is 12.2 Å². The van der Waals surface area contributed by atoms with E-state index >= 15 is 0 Å². The number of carbonyl (C=O) groups excluding carboxylic acids is 1. The largest absolute Gasteiger partial charge is 0.295 e. The number of hydrogen-bond acceptors (Lipinski definition) is 1. The molecule has 8 unspecified atom stereocenters. The summed E-state index contributed by atoms with van der Waals surface area (Å²) in [6.45, 7) is 12.5. The van der Waals surface area contributed by atoms with Crippen molar-refractivity contribution < 1.29 is 4.79 Å². The van der Waals surface area contributed by atoms with Crippen LogP contribution >= 0.6 is 0 Å². The first-order valence-electron chi connectivity index (χ1n) is 12.5. The highest BCUT2D eigenvalue weighted by molar-refractivity contribution is 5.91. The molecular weight excluding hydrogens is 340 g/mol. The minimum atomic E-state index is 0.291. The molecule has 0 spiro atoms. The van der Waals surface area contributed by atoms with Gasteiger partial charge in [-0.1, -0.05) is 60.0 Å². The summed E-state index contributed by atoms with van der Waals surface area (Å²) in [6.07, 6.45) is 17.8. The number of hydrogen-bond donors (Lipinski definition) is 0. The summed E-state index contributed by atoms with van der Waals surface area (Å²) in [7, 11) is 0. The molecule has 0 radical (unpaired) electrons. The van der Waals surface area contributed by atoms with E-state index < -0.39 is 0 Å². The Bertz CT molecular complexity index is 618. The van der Waals surface area contributed by atoms with Gasteiger partial charge in [0.25, 0.3) is 0 Å². The molecule has 1 heteroatoms. The van der Waals surface area contributed by atoms with Crippen molar-refractivity contribution in [2.24, 2.45) is 52.3 Å². The molecule has 0 heterocycles. The maximum Gasteiger partial charge on any atom is 0.155 e. The highest BCUT2D eigenvalue weighted by atomic mass is 16.1. The van der Waals surface area contributed by atoms with Crippen molar-refractivity contribution in [3.8, 4) is 0 Å². The number of carbonyl (C=O) groups is 1. The van der Waals surface area contributed by atoms with E-state index in [-0.39, 0.29) is 0 Å². The van der Waals surface area contributed by atoms with E-state index in [9.17, 15) is 4.79 Å². The van der Waals surface area contributed by atoms with Crippen molar-refractivity contribution >= 4 is 5.78 Å². The fourth-order valence-electron chi connectivity index (χ4n) is 8.66. The van der Waals surface area contributed by atoms with E-state index in [2.05, 4.69) is 40.7 Å². The standard InChI is InChI=1S/C27H44O/c1-18(2)7-6-8-19(3)23-11-12-24-22-10-9-20-17-21(28)13-15-26(20,4)25(22)14-16-27(23,24)5/h13,15,18-20,22-25H,6-12,14,16-17H2,1-5H3. The Labute approximate surface area is 174 Å². The van der Waals surface area contributed by atoms with Gasteiger partial charge in [0, 0.05) is 6.42 Å². The first-order valence-corrected chi connectivity index (χ1v) is 12.5. The van der Waals surface area contributed by atoms with Gasteiger partial charge in [0.15, 0.2) is 5.78 Å². The Morgan fingerprint density at radius 2 is 1.79 bits per heavy atom. The number of fused-ring (bicyclic) bond motifs is 5. The molecule has 1 nitrogen and oxygen atoms in total. The Morgan fingerprint density at radius 3 is 2.54 bits per heavy atom. The van der Waals surface area contributed by atoms with Crippen LogP contribution in [0.4, 0.5) is 0 Å². The maximum atomic E-state index is 12.0. The molecule has 0 saturated heterocycles. The third kappa shape index (κ3) is 3.33. The summed E-state index contributed by atoms with van der Waals surface area (Å²) in [5, 5.41) is 0. The molecule has 158 valence electrons. The molecule has 4 rings (SSSR count). The van der Waals surface area contributed by atoms with E-state index in [4.69, 9.17) is 0 Å². The molecule has 0 N–H and O–H groups in total. The normalized spacial score (nSPS) is 46.2. The summed E-state index contributed by atoms with van der Waals surface area (Å²) in [6, 6.07) is 0. The lowest BCUT2D eigenvalue weighted by molar-refractivity contribution is -0.122. The lowest BCUT2D eigenvalue weighted by Crippen LogP contribution is -2.52. The molecule has 3 fully saturated rings. The fraction of sp³-hybridized carbons (Fsp3) is 0.889. The Balaban J connectivity index is 1.49. The lowest BCUT2D eigenvalue weighted by atomic mass is 9.45. The van der Waals surface area contributed by atoms with E-state index in [1.807, 2.05) is 6.08 Å². The molecule has 0 aromatic heterocycles. The Hall–Kier alpha value is -0.590. The van der Waals surface area contributed by atoms with Crippen molar-refractivity contribution in [2.45, 2.75) is 98.8 Å². The molecule has 28 heavy (non-hydrogen) atoms. The second-order valence-corrected chi connectivity index (χ2v) is 12.1. The zero-order valence-electron chi connectivity index (χ0n) is 19.2. The number of ketones is 1. The van der Waals surface area contributed by atoms with Gasteiger partial charge in [-0.25, -0.2) is 0 Å². The van der Waals surface area contributed by atoms with Gasteiger partial charge in [-0.05, 0) is 96.9 Å². The van der Waals surface area contributed by atoms with E-state index in [1.54, 1.807) is 0 Å². The van der Waals surface area contributed by atoms with Crippen LogP contribution in [0.25, 0.3) is 0 Å². The molecule has 0 amide bonds. The molecule has 8 atom stereocenters. The van der Waals surface area contributed by atoms with Crippen molar-refractivity contribution in [1.82, 2.24) is 0 Å². The van der Waals surface area contributed by atoms with Crippen LogP contribution in [0, 0.1) is 52.3 Å². The molecule has 0 aliphatic heterocycles. The van der Waals surface area contributed by atoms with Gasteiger partial charge < -0.3 is 0 Å². The van der Waals surface area contributed by atoms with Crippen LogP contribution in [0.3, 0.4) is 0 Å². The van der Waals surface area contributed by atoms with E-state index in [0.29, 0.717) is 22.5 Å². The summed E-state index contributed by atoms with van der Waals surface area (Å²) in [5.41, 5.74) is 0.870. The Kier molecular flexibility index (Phi) is 5.60. The van der Waals surface area contributed by atoms with E-state index in [1.165, 1.54) is 57.8 Å². The predicted molar refractivity (Wildman–Crippen MR) is 118 cm³/mol. The number of allylic oxidation sites excluding steroid dienone is 2. The third-order valence-electron chi connectivity index (χ3n) is 10.2. The maximum absolute atomic E-state index is 12.0. The van der Waals surface area contributed by atoms with Crippen molar-refractivity contribution in [3.63, 3.8) is 0 Å². The average molecular weight is 385 g/mol. The van der Waals surface area contributed by atoms with Gasteiger partial charge in [0.1, 0.15) is 0 Å². The van der Waals surface area contributed by atoms with Crippen LogP contribution in [0.1, 0.15) is 98.8 Å². The first kappa shape index (κ1) is 20.7. The van der Waals surface area contributed by atoms with Crippen LogP contribution in [0.5, 0.6) is 0 Å². The quantitative estimate of drug-likeness (QED) is 0.481. The summed E-state index contributed by atoms with van der Waals surface area (Å²) >= 11 is 0. The SMILES string of the molecule is CC(C)CCCC(C)C1CCC2C3CCC4CC(=O)C=CC4(C)C3CCC12C. The topological polar surface area (TPSA) is 17.1 Å². The van der Waals surface area contributed by atoms with Crippen LogP contribution in [0.2, 0.25) is 0 Å². The van der Waals surface area contributed by atoms with Gasteiger partial charge in [0.05, 0.1) is 0 Å². The third-order valence-corrected chi connectivity index (χ3v) is 10.2. The average Bonchev–Trinajstić information content (AvgIpc) is 2.99. The molecule has 0 aromatic rings. The van der Waals surface area contributed by atoms with Crippen molar-refractivity contribution in [2.75, 3.05) is 0 Å². The first-order chi connectivity index (χ1) is 13.3. The highest BCUT2D eigenvalue weighted by Gasteiger charge is 2.59. The zero-order valence-corrected chi connectivity index (χ0v) is 19.2. The summed E-state index contributed by atoms with van der Waals surface area (Å²) in [5.74, 6) is 6.34. The lowest BCUT2D eigenvalue weighted by Gasteiger charge is -2.59. The van der Waals surface area contributed by atoms with Gasteiger partial charge in [0.2, 0.25) is 0 Å². The van der Waals surface area contributed by atoms with E-state index in [0.717, 1.165) is 41.9 Å². The number of rotatable bonds is 5. The van der Waals surface area contributed by atoms with Crippen molar-refractivity contribution in [1.29, 1.82) is 0 Å². The smallest absolute Gasteiger partial charge is 0.155 e. The second kappa shape index (κ2) is 7.59. The Morgan fingerprint density at radius 1 is 1.00 bits per heavy atom. The van der Waals surface area contributed by atoms with Crippen LogP contribution < -0.4 is 0 Å².